The summed E-state index contributed by atoms with van der Waals surface area (Å²) in [6.07, 6.45) is 0.317. The van der Waals surface area contributed by atoms with Gasteiger partial charge in [-0.2, -0.15) is 13.2 Å². The largest absolute Gasteiger partial charge is 0.496 e. The molecule has 0 spiro atoms. The number of likely N-dealkylation sites (tertiary alicyclic amines) is 1. The van der Waals surface area contributed by atoms with Crippen LogP contribution in [-0.4, -0.2) is 71.9 Å². The number of nitrogens with one attached hydrogen (secondary N) is 1. The first-order chi connectivity index (χ1) is 18.8. The van der Waals surface area contributed by atoms with Gasteiger partial charge < -0.3 is 24.4 Å². The summed E-state index contributed by atoms with van der Waals surface area (Å²) in [6, 6.07) is 7.15. The van der Waals surface area contributed by atoms with E-state index in [0.717, 1.165) is 18.4 Å². The molecule has 3 aromatic rings. The van der Waals surface area contributed by atoms with Gasteiger partial charge in [0.05, 0.1) is 26.1 Å². The number of halogens is 3. The highest BCUT2D eigenvalue weighted by atomic mass is 19.4. The van der Waals surface area contributed by atoms with Crippen LogP contribution in [0.2, 0.25) is 0 Å². The summed E-state index contributed by atoms with van der Waals surface area (Å²) in [5, 5.41) is 1.86. The monoisotopic (exact) mass is 562 g/mol. The van der Waals surface area contributed by atoms with Gasteiger partial charge in [0.15, 0.2) is 0 Å². The molecule has 1 saturated heterocycles. The van der Waals surface area contributed by atoms with E-state index >= 15 is 0 Å². The Kier molecular flexibility index (Phi) is 8.18. The zero-order valence-corrected chi connectivity index (χ0v) is 23.1. The van der Waals surface area contributed by atoms with Crippen LogP contribution in [0, 0.1) is 0 Å². The zero-order valence-electron chi connectivity index (χ0n) is 23.1. The summed E-state index contributed by atoms with van der Waals surface area (Å²) >= 11 is 0. The fourth-order valence-electron chi connectivity index (χ4n) is 4.74. The second-order valence-electron chi connectivity index (χ2n) is 10.6. The molecule has 1 N–H and O–H groups in total. The van der Waals surface area contributed by atoms with Gasteiger partial charge in [0, 0.05) is 24.8 Å². The number of hydrogen-bond acceptors (Lipinski definition) is 6. The maximum atomic E-state index is 12.6. The van der Waals surface area contributed by atoms with E-state index in [0.29, 0.717) is 30.0 Å². The predicted molar refractivity (Wildman–Crippen MR) is 142 cm³/mol. The average Bonchev–Trinajstić information content (AvgIpc) is 3.33. The number of hydrogen-bond donors (Lipinski definition) is 1. The summed E-state index contributed by atoms with van der Waals surface area (Å²) in [4.78, 5) is 31.2. The summed E-state index contributed by atoms with van der Waals surface area (Å²) < 4.78 is 56.0. The molecule has 0 saturated carbocycles. The lowest BCUT2D eigenvalue weighted by Crippen LogP contribution is -2.41. The van der Waals surface area contributed by atoms with Gasteiger partial charge in [0.25, 0.3) is 5.91 Å². The second-order valence-corrected chi connectivity index (χ2v) is 10.6. The van der Waals surface area contributed by atoms with Gasteiger partial charge in [-0.3, -0.25) is 9.20 Å². The number of carbonyl (C=O) groups is 2. The second kappa shape index (κ2) is 11.3. The third-order valence-electron chi connectivity index (χ3n) is 6.63. The molecule has 4 rings (SSSR count). The number of benzene rings is 1. The maximum absolute atomic E-state index is 12.6. The first kappa shape index (κ1) is 29.0. The maximum Gasteiger partial charge on any atom is 0.410 e. The molecule has 216 valence electrons. The SMILES string of the molecule is COc1cc(-c2cnc3cc(C4CCN(C(=O)OC(C)(C)C)CC4)ccn23)cc(OC)c1C(=O)NCC(F)(F)F. The molecule has 1 aromatic carbocycles. The van der Waals surface area contributed by atoms with Crippen LogP contribution >= 0.6 is 0 Å². The fourth-order valence-corrected chi connectivity index (χ4v) is 4.74. The quantitative estimate of drug-likeness (QED) is 0.431. The Morgan fingerprint density at radius 2 is 1.68 bits per heavy atom. The molecule has 2 amide bonds. The Morgan fingerprint density at radius 1 is 1.05 bits per heavy atom. The third-order valence-corrected chi connectivity index (χ3v) is 6.63. The van der Waals surface area contributed by atoms with Crippen molar-refractivity contribution in [1.29, 1.82) is 0 Å². The summed E-state index contributed by atoms with van der Waals surface area (Å²) in [6.45, 7) is 5.28. The van der Waals surface area contributed by atoms with Gasteiger partial charge >= 0.3 is 12.3 Å². The molecule has 0 atom stereocenters. The molecule has 0 bridgehead atoms. The van der Waals surface area contributed by atoms with Crippen molar-refractivity contribution in [1.82, 2.24) is 19.6 Å². The van der Waals surface area contributed by atoms with Crippen LogP contribution in [0.5, 0.6) is 11.5 Å². The van der Waals surface area contributed by atoms with Crippen LogP contribution in [0.15, 0.2) is 36.7 Å². The minimum Gasteiger partial charge on any atom is -0.496 e. The van der Waals surface area contributed by atoms with Crippen molar-refractivity contribution in [3.63, 3.8) is 0 Å². The van der Waals surface area contributed by atoms with Crippen LogP contribution in [0.3, 0.4) is 0 Å². The molecule has 1 fully saturated rings. The molecule has 40 heavy (non-hydrogen) atoms. The fraction of sp³-hybridized carbons (Fsp3) is 0.464. The molecule has 2 aromatic heterocycles. The molecule has 3 heterocycles. The van der Waals surface area contributed by atoms with Crippen molar-refractivity contribution in [2.75, 3.05) is 33.9 Å². The number of fused-ring (bicyclic) bond motifs is 1. The first-order valence-corrected chi connectivity index (χ1v) is 12.9. The lowest BCUT2D eigenvalue weighted by Gasteiger charge is -2.33. The van der Waals surface area contributed by atoms with E-state index in [1.165, 1.54) is 14.2 Å². The van der Waals surface area contributed by atoms with E-state index in [1.54, 1.807) is 23.2 Å². The molecule has 12 heteroatoms. The number of methoxy groups -OCH3 is 2. The number of imidazole rings is 1. The Balaban J connectivity index is 1.55. The Labute approximate surface area is 230 Å². The van der Waals surface area contributed by atoms with E-state index in [4.69, 9.17) is 14.2 Å². The van der Waals surface area contributed by atoms with Crippen molar-refractivity contribution in [2.45, 2.75) is 51.3 Å². The van der Waals surface area contributed by atoms with E-state index in [9.17, 15) is 22.8 Å². The molecular formula is C28H33F3N4O5. The minimum absolute atomic E-state index is 0.0670. The lowest BCUT2D eigenvalue weighted by atomic mass is 9.90. The number of aromatic nitrogens is 2. The molecular weight excluding hydrogens is 529 g/mol. The molecule has 1 aliphatic rings. The van der Waals surface area contributed by atoms with Gasteiger partial charge in [-0.1, -0.05) is 0 Å². The number of rotatable bonds is 6. The number of piperidine rings is 1. The number of ether oxygens (including phenoxy) is 3. The van der Waals surface area contributed by atoms with Crippen molar-refractivity contribution in [2.24, 2.45) is 0 Å². The highest BCUT2D eigenvalue weighted by Crippen LogP contribution is 2.36. The van der Waals surface area contributed by atoms with Gasteiger partial charge in [-0.05, 0) is 69.4 Å². The highest BCUT2D eigenvalue weighted by molar-refractivity contribution is 6.00. The zero-order chi connectivity index (χ0) is 29.2. The van der Waals surface area contributed by atoms with Gasteiger partial charge in [-0.15, -0.1) is 0 Å². The summed E-state index contributed by atoms with van der Waals surface area (Å²) in [5.41, 5.74) is 2.43. The van der Waals surface area contributed by atoms with Crippen LogP contribution < -0.4 is 14.8 Å². The number of pyridine rings is 1. The van der Waals surface area contributed by atoms with E-state index in [1.807, 2.05) is 48.8 Å². The first-order valence-electron chi connectivity index (χ1n) is 12.9. The Morgan fingerprint density at radius 3 is 2.23 bits per heavy atom. The standard InChI is InChI=1S/C28H33F3N4O5/c1-27(2,3)40-26(37)34-9-6-17(7-10-34)18-8-11-35-20(15-32-23(35)14-18)19-12-21(38-4)24(22(13-19)39-5)25(36)33-16-28(29,30)31/h8,11-15,17H,6-7,9-10,16H2,1-5H3,(H,33,36). The van der Waals surface area contributed by atoms with Crippen LogP contribution in [0.4, 0.5) is 18.0 Å². The van der Waals surface area contributed by atoms with Crippen molar-refractivity contribution in [3.8, 4) is 22.8 Å². The van der Waals surface area contributed by atoms with Crippen LogP contribution in [-0.2, 0) is 4.74 Å². The van der Waals surface area contributed by atoms with Crippen LogP contribution in [0.1, 0.15) is 55.5 Å². The number of amides is 2. The molecule has 0 radical (unpaired) electrons. The van der Waals surface area contributed by atoms with Crippen molar-refractivity contribution in [3.05, 3.63) is 47.8 Å². The van der Waals surface area contributed by atoms with E-state index < -0.39 is 24.2 Å². The van der Waals surface area contributed by atoms with Gasteiger partial charge in [0.2, 0.25) is 0 Å². The number of carbonyl (C=O) groups excluding carboxylic acids is 2. The predicted octanol–water partition coefficient (Wildman–Crippen LogP) is 5.43. The topological polar surface area (TPSA) is 94.4 Å². The van der Waals surface area contributed by atoms with Gasteiger partial charge in [0.1, 0.15) is 34.9 Å². The van der Waals surface area contributed by atoms with Crippen molar-refractivity contribution >= 4 is 17.6 Å². The normalized spacial score (nSPS) is 14.8. The van der Waals surface area contributed by atoms with Crippen LogP contribution in [0.25, 0.3) is 16.9 Å². The Bertz CT molecular complexity index is 1360. The smallest absolute Gasteiger partial charge is 0.410 e. The average molecular weight is 563 g/mol. The number of nitrogens with zero attached hydrogens (tertiary/aromatic N) is 3. The molecule has 0 unspecified atom stereocenters. The summed E-state index contributed by atoms with van der Waals surface area (Å²) in [5.74, 6) is -0.564. The summed E-state index contributed by atoms with van der Waals surface area (Å²) in [7, 11) is 2.65. The minimum atomic E-state index is -4.56. The van der Waals surface area contributed by atoms with E-state index in [-0.39, 0.29) is 29.1 Å². The Hall–Kier alpha value is -3.96. The highest BCUT2D eigenvalue weighted by Gasteiger charge is 2.30. The molecule has 0 aliphatic carbocycles. The van der Waals surface area contributed by atoms with Gasteiger partial charge in [-0.25, -0.2) is 9.78 Å². The lowest BCUT2D eigenvalue weighted by molar-refractivity contribution is -0.123. The molecule has 1 aliphatic heterocycles. The third kappa shape index (κ3) is 6.60. The molecule has 9 nitrogen and oxygen atoms in total. The van der Waals surface area contributed by atoms with E-state index in [2.05, 4.69) is 4.98 Å². The number of alkyl halides is 3. The van der Waals surface area contributed by atoms with Crippen molar-refractivity contribution < 1.29 is 37.0 Å².